The van der Waals surface area contributed by atoms with E-state index in [1.165, 1.54) is 0 Å². The van der Waals surface area contributed by atoms with Gasteiger partial charge in [-0.15, -0.1) is 0 Å². The highest BCUT2D eigenvalue weighted by Crippen LogP contribution is 2.23. The molecule has 1 rings (SSSR count). The summed E-state index contributed by atoms with van der Waals surface area (Å²) in [5.74, 6) is -0.159. The molecular weight excluding hydrogens is 294 g/mol. The summed E-state index contributed by atoms with van der Waals surface area (Å²) in [7, 11) is 0. The van der Waals surface area contributed by atoms with Crippen LogP contribution in [0.3, 0.4) is 0 Å². The summed E-state index contributed by atoms with van der Waals surface area (Å²) in [6, 6.07) is 5.20. The summed E-state index contributed by atoms with van der Waals surface area (Å²) >= 11 is 3.40. The van der Waals surface area contributed by atoms with Crippen LogP contribution in [0.4, 0.5) is 0 Å². The second kappa shape index (κ2) is 6.23. The number of hydrogen-bond donors (Lipinski definition) is 2. The quantitative estimate of drug-likeness (QED) is 0.819. The predicted molar refractivity (Wildman–Crippen MR) is 77.4 cm³/mol. The molecule has 100 valence electrons. The standard InChI is InChI=1S/C14H20BrNO2/c1-4-14(3,8-9-15)16-13(18)11-7-5-6-10(2)12(11)17/h5-7,17H,4,8-9H2,1-3H3,(H,16,18). The van der Waals surface area contributed by atoms with Gasteiger partial charge >= 0.3 is 0 Å². The first-order chi connectivity index (χ1) is 8.43. The van der Waals surface area contributed by atoms with E-state index in [2.05, 4.69) is 21.2 Å². The minimum atomic E-state index is -0.253. The topological polar surface area (TPSA) is 49.3 Å². The first-order valence-electron chi connectivity index (χ1n) is 6.10. The Hall–Kier alpha value is -1.03. The van der Waals surface area contributed by atoms with Crippen molar-refractivity contribution in [2.45, 2.75) is 39.2 Å². The van der Waals surface area contributed by atoms with Crippen LogP contribution in [-0.2, 0) is 0 Å². The van der Waals surface area contributed by atoms with Crippen molar-refractivity contribution in [3.05, 3.63) is 29.3 Å². The molecule has 4 heteroatoms. The predicted octanol–water partition coefficient (Wildman–Crippen LogP) is 3.38. The number of halogens is 1. The minimum absolute atomic E-state index is 0.0623. The molecule has 1 atom stereocenters. The van der Waals surface area contributed by atoms with Gasteiger partial charge in [-0.1, -0.05) is 35.0 Å². The normalized spacial score (nSPS) is 14.0. The van der Waals surface area contributed by atoms with E-state index < -0.39 is 0 Å². The summed E-state index contributed by atoms with van der Waals surface area (Å²) in [4.78, 5) is 12.2. The number of rotatable bonds is 5. The van der Waals surface area contributed by atoms with E-state index in [9.17, 15) is 9.90 Å². The van der Waals surface area contributed by atoms with Crippen LogP contribution in [0.15, 0.2) is 18.2 Å². The lowest BCUT2D eigenvalue weighted by Crippen LogP contribution is -2.45. The lowest BCUT2D eigenvalue weighted by Gasteiger charge is -2.29. The fraction of sp³-hybridized carbons (Fsp3) is 0.500. The molecule has 1 unspecified atom stereocenters. The maximum Gasteiger partial charge on any atom is 0.255 e. The summed E-state index contributed by atoms with van der Waals surface area (Å²) in [6.45, 7) is 5.83. The molecule has 1 aromatic rings. The maximum atomic E-state index is 12.2. The Morgan fingerprint density at radius 2 is 2.17 bits per heavy atom. The molecule has 0 radical (unpaired) electrons. The van der Waals surface area contributed by atoms with Gasteiger partial charge in [0.15, 0.2) is 0 Å². The lowest BCUT2D eigenvalue weighted by atomic mass is 9.95. The van der Waals surface area contributed by atoms with E-state index in [1.54, 1.807) is 25.1 Å². The lowest BCUT2D eigenvalue weighted by molar-refractivity contribution is 0.0899. The SMILES string of the molecule is CCC(C)(CCBr)NC(=O)c1cccc(C)c1O. The van der Waals surface area contributed by atoms with Crippen molar-refractivity contribution in [2.24, 2.45) is 0 Å². The van der Waals surface area contributed by atoms with Crippen LogP contribution >= 0.6 is 15.9 Å². The maximum absolute atomic E-state index is 12.2. The fourth-order valence-corrected chi connectivity index (χ4v) is 2.59. The first kappa shape index (κ1) is 15.0. The van der Waals surface area contributed by atoms with Gasteiger partial charge in [-0.25, -0.2) is 0 Å². The molecule has 1 aromatic carbocycles. The molecule has 0 spiro atoms. The smallest absolute Gasteiger partial charge is 0.255 e. The average Bonchev–Trinajstić information content (AvgIpc) is 2.32. The van der Waals surface area contributed by atoms with E-state index in [0.717, 1.165) is 18.2 Å². The summed E-state index contributed by atoms with van der Waals surface area (Å²) in [6.07, 6.45) is 1.69. The average molecular weight is 314 g/mol. The van der Waals surface area contributed by atoms with Gasteiger partial charge in [0.25, 0.3) is 5.91 Å². The number of para-hydroxylation sites is 1. The number of carbonyl (C=O) groups is 1. The number of benzene rings is 1. The highest BCUT2D eigenvalue weighted by molar-refractivity contribution is 9.09. The van der Waals surface area contributed by atoms with Gasteiger partial charge in [0.05, 0.1) is 5.56 Å². The van der Waals surface area contributed by atoms with Crippen LogP contribution < -0.4 is 5.32 Å². The molecule has 3 nitrogen and oxygen atoms in total. The summed E-state index contributed by atoms with van der Waals surface area (Å²) in [5.41, 5.74) is 0.794. The van der Waals surface area contributed by atoms with Crippen LogP contribution in [0.25, 0.3) is 0 Å². The number of aryl methyl sites for hydroxylation is 1. The number of alkyl halides is 1. The molecule has 0 heterocycles. The van der Waals surface area contributed by atoms with Crippen LogP contribution in [-0.4, -0.2) is 21.9 Å². The molecule has 18 heavy (non-hydrogen) atoms. The van der Waals surface area contributed by atoms with Crippen LogP contribution in [0.5, 0.6) is 5.75 Å². The number of phenols is 1. The minimum Gasteiger partial charge on any atom is -0.507 e. The van der Waals surface area contributed by atoms with Crippen molar-refractivity contribution >= 4 is 21.8 Å². The number of amides is 1. The molecule has 0 aliphatic heterocycles. The Morgan fingerprint density at radius 3 is 2.72 bits per heavy atom. The number of nitrogens with one attached hydrogen (secondary N) is 1. The van der Waals surface area contributed by atoms with Crippen LogP contribution in [0.1, 0.15) is 42.6 Å². The Labute approximate surface area is 117 Å². The molecule has 0 saturated heterocycles. The number of phenolic OH excluding ortho intramolecular Hbond substituents is 1. The van der Waals surface area contributed by atoms with Crippen molar-refractivity contribution in [1.29, 1.82) is 0 Å². The van der Waals surface area contributed by atoms with Crippen molar-refractivity contribution in [2.75, 3.05) is 5.33 Å². The van der Waals surface area contributed by atoms with Crippen molar-refractivity contribution in [3.8, 4) is 5.75 Å². The molecule has 0 saturated carbocycles. The van der Waals surface area contributed by atoms with E-state index >= 15 is 0 Å². The van der Waals surface area contributed by atoms with Crippen molar-refractivity contribution in [1.82, 2.24) is 5.32 Å². The van der Waals surface area contributed by atoms with Gasteiger partial charge in [0.1, 0.15) is 5.75 Å². The Kier molecular flexibility index (Phi) is 5.20. The molecule has 0 aromatic heterocycles. The second-order valence-electron chi connectivity index (χ2n) is 4.78. The van der Waals surface area contributed by atoms with Gasteiger partial charge < -0.3 is 10.4 Å². The van der Waals surface area contributed by atoms with Gasteiger partial charge in [-0.05, 0) is 38.3 Å². The van der Waals surface area contributed by atoms with Crippen molar-refractivity contribution < 1.29 is 9.90 Å². The fourth-order valence-electron chi connectivity index (χ4n) is 1.72. The summed E-state index contributed by atoms with van der Waals surface area (Å²) < 4.78 is 0. The highest BCUT2D eigenvalue weighted by Gasteiger charge is 2.25. The monoisotopic (exact) mass is 313 g/mol. The number of aromatic hydroxyl groups is 1. The number of hydrogen-bond acceptors (Lipinski definition) is 2. The Morgan fingerprint density at radius 1 is 1.50 bits per heavy atom. The van der Waals surface area contributed by atoms with Gasteiger partial charge in [0, 0.05) is 10.9 Å². The third-order valence-electron chi connectivity index (χ3n) is 3.32. The Bertz CT molecular complexity index is 434. The van der Waals surface area contributed by atoms with Gasteiger partial charge in [-0.3, -0.25) is 4.79 Å². The van der Waals surface area contributed by atoms with E-state index in [1.807, 2.05) is 13.8 Å². The van der Waals surface area contributed by atoms with E-state index in [0.29, 0.717) is 11.1 Å². The molecule has 0 fully saturated rings. The zero-order valence-corrected chi connectivity index (χ0v) is 12.7. The highest BCUT2D eigenvalue weighted by atomic mass is 79.9. The third kappa shape index (κ3) is 3.48. The molecule has 0 bridgehead atoms. The van der Waals surface area contributed by atoms with Gasteiger partial charge in [0.2, 0.25) is 0 Å². The van der Waals surface area contributed by atoms with E-state index in [4.69, 9.17) is 0 Å². The zero-order valence-electron chi connectivity index (χ0n) is 11.1. The Balaban J connectivity index is 2.91. The molecule has 2 N–H and O–H groups in total. The third-order valence-corrected chi connectivity index (χ3v) is 3.72. The number of carbonyl (C=O) groups excluding carboxylic acids is 1. The van der Waals surface area contributed by atoms with Crippen molar-refractivity contribution in [3.63, 3.8) is 0 Å². The first-order valence-corrected chi connectivity index (χ1v) is 7.22. The molecule has 1 amide bonds. The zero-order chi connectivity index (χ0) is 13.8. The van der Waals surface area contributed by atoms with E-state index in [-0.39, 0.29) is 17.2 Å². The summed E-state index contributed by atoms with van der Waals surface area (Å²) in [5, 5.41) is 13.7. The molecule has 0 aliphatic carbocycles. The van der Waals surface area contributed by atoms with Crippen LogP contribution in [0.2, 0.25) is 0 Å². The second-order valence-corrected chi connectivity index (χ2v) is 5.57. The van der Waals surface area contributed by atoms with Gasteiger partial charge in [-0.2, -0.15) is 0 Å². The largest absolute Gasteiger partial charge is 0.507 e. The van der Waals surface area contributed by atoms with Crippen LogP contribution in [0, 0.1) is 6.92 Å². The molecular formula is C14H20BrNO2. The molecule has 0 aliphatic rings.